The van der Waals surface area contributed by atoms with E-state index in [1.54, 1.807) is 19.1 Å². The predicted molar refractivity (Wildman–Crippen MR) is 71.3 cm³/mol. The fourth-order valence-electron chi connectivity index (χ4n) is 1.57. The maximum Gasteiger partial charge on any atom is 0.343 e. The van der Waals surface area contributed by atoms with Crippen LogP contribution < -0.4 is 5.43 Å². The Labute approximate surface area is 114 Å². The Morgan fingerprint density at radius 1 is 1.42 bits per heavy atom. The molecule has 2 aromatic rings. The summed E-state index contributed by atoms with van der Waals surface area (Å²) in [7, 11) is 0. The molecule has 0 fully saturated rings. The molecule has 0 saturated carbocycles. The Morgan fingerprint density at radius 3 is 2.84 bits per heavy atom. The van der Waals surface area contributed by atoms with E-state index in [1.807, 2.05) is 0 Å². The van der Waals surface area contributed by atoms with Crippen molar-refractivity contribution in [2.24, 2.45) is 0 Å². The van der Waals surface area contributed by atoms with Crippen molar-refractivity contribution in [2.45, 2.75) is 6.92 Å². The lowest BCUT2D eigenvalue weighted by Gasteiger charge is -2.04. The average Bonchev–Trinajstić information content (AvgIpc) is 2.40. The molecule has 98 valence electrons. The highest BCUT2D eigenvalue weighted by atomic mass is 35.5. The maximum atomic E-state index is 12.2. The average molecular weight is 279 g/mol. The number of aromatic nitrogens is 2. The number of rotatable bonds is 3. The summed E-state index contributed by atoms with van der Waals surface area (Å²) in [6, 6.07) is 3.24. The third-order valence-corrected chi connectivity index (χ3v) is 2.67. The summed E-state index contributed by atoms with van der Waals surface area (Å²) < 4.78 is 4.82. The van der Waals surface area contributed by atoms with E-state index in [-0.39, 0.29) is 12.2 Å². The van der Waals surface area contributed by atoms with Crippen molar-refractivity contribution in [1.29, 1.82) is 0 Å². The smallest absolute Gasteiger partial charge is 0.343 e. The van der Waals surface area contributed by atoms with Crippen molar-refractivity contribution < 1.29 is 9.53 Å². The lowest BCUT2D eigenvalue weighted by Crippen LogP contribution is -2.19. The summed E-state index contributed by atoms with van der Waals surface area (Å²) in [5, 5.41) is 0.474. The molecular formula is C13H11ClN2O3. The number of carbonyl (C=O) groups is 1. The largest absolute Gasteiger partial charge is 0.462 e. The summed E-state index contributed by atoms with van der Waals surface area (Å²) in [6.07, 6.45) is 4.24. The van der Waals surface area contributed by atoms with E-state index in [0.29, 0.717) is 16.3 Å². The molecule has 0 aliphatic heterocycles. The first kappa shape index (κ1) is 13.3. The van der Waals surface area contributed by atoms with Gasteiger partial charge < -0.3 is 9.72 Å². The van der Waals surface area contributed by atoms with Gasteiger partial charge >= 0.3 is 5.97 Å². The van der Waals surface area contributed by atoms with Crippen molar-refractivity contribution in [3.05, 3.63) is 51.5 Å². The van der Waals surface area contributed by atoms with E-state index in [0.717, 1.165) is 0 Å². The molecule has 1 N–H and O–H groups in total. The zero-order valence-electron chi connectivity index (χ0n) is 10.1. The second-order valence-electron chi connectivity index (χ2n) is 3.69. The van der Waals surface area contributed by atoms with Gasteiger partial charge in [0.05, 0.1) is 22.9 Å². The Balaban J connectivity index is 2.48. The Kier molecular flexibility index (Phi) is 3.97. The third kappa shape index (κ3) is 2.82. The zero-order chi connectivity index (χ0) is 13.8. The lowest BCUT2D eigenvalue weighted by atomic mass is 10.1. The second kappa shape index (κ2) is 5.67. The summed E-state index contributed by atoms with van der Waals surface area (Å²) in [5.41, 5.74) is 0.266. The molecule has 0 aliphatic carbocycles. The van der Waals surface area contributed by atoms with Crippen molar-refractivity contribution in [2.75, 3.05) is 6.61 Å². The number of H-pyrrole nitrogens is 1. The first-order valence-electron chi connectivity index (χ1n) is 5.63. The fraction of sp³-hybridized carbons (Fsp3) is 0.154. The van der Waals surface area contributed by atoms with Crippen LogP contribution >= 0.6 is 11.6 Å². The van der Waals surface area contributed by atoms with E-state index < -0.39 is 11.4 Å². The van der Waals surface area contributed by atoms with Gasteiger partial charge in [0, 0.05) is 18.6 Å². The standard InChI is InChI=1S/C13H11ClN2O3/c1-2-19-13(18)10-7-15-6-9(12(10)17)11-4-3-8(14)5-16-11/h3-7H,2H2,1H3,(H,15,17). The van der Waals surface area contributed by atoms with Crippen LogP contribution in [0, 0.1) is 0 Å². The van der Waals surface area contributed by atoms with E-state index in [2.05, 4.69) is 9.97 Å². The quantitative estimate of drug-likeness (QED) is 0.874. The number of ether oxygens (including phenoxy) is 1. The molecule has 0 unspecified atom stereocenters. The summed E-state index contributed by atoms with van der Waals surface area (Å²) in [4.78, 5) is 30.6. The molecule has 6 heteroatoms. The highest BCUT2D eigenvalue weighted by Gasteiger charge is 2.15. The van der Waals surface area contributed by atoms with Crippen LogP contribution in [-0.4, -0.2) is 22.5 Å². The number of esters is 1. The molecule has 2 heterocycles. The van der Waals surface area contributed by atoms with Gasteiger partial charge in [-0.2, -0.15) is 0 Å². The van der Waals surface area contributed by atoms with Crippen LogP contribution in [0.25, 0.3) is 11.3 Å². The molecule has 0 bridgehead atoms. The second-order valence-corrected chi connectivity index (χ2v) is 4.13. The highest BCUT2D eigenvalue weighted by Crippen LogP contribution is 2.15. The van der Waals surface area contributed by atoms with Crippen molar-refractivity contribution in [3.8, 4) is 11.3 Å². The predicted octanol–water partition coefficient (Wildman–Crippen LogP) is 2.27. The molecule has 2 rings (SSSR count). The zero-order valence-corrected chi connectivity index (χ0v) is 10.9. The van der Waals surface area contributed by atoms with Gasteiger partial charge in [0.1, 0.15) is 5.56 Å². The number of hydrogen-bond acceptors (Lipinski definition) is 4. The molecule has 0 amide bonds. The van der Waals surface area contributed by atoms with Gasteiger partial charge in [-0.05, 0) is 19.1 Å². The van der Waals surface area contributed by atoms with Gasteiger partial charge in [-0.15, -0.1) is 0 Å². The van der Waals surface area contributed by atoms with E-state index >= 15 is 0 Å². The monoisotopic (exact) mass is 278 g/mol. The van der Waals surface area contributed by atoms with Crippen LogP contribution in [0.5, 0.6) is 0 Å². The minimum atomic E-state index is -0.653. The highest BCUT2D eigenvalue weighted by molar-refractivity contribution is 6.30. The normalized spacial score (nSPS) is 10.2. The van der Waals surface area contributed by atoms with Crippen LogP contribution in [0.4, 0.5) is 0 Å². The molecular weight excluding hydrogens is 268 g/mol. The first-order chi connectivity index (χ1) is 9.13. The summed E-state index contributed by atoms with van der Waals surface area (Å²) >= 11 is 5.74. The van der Waals surface area contributed by atoms with Crippen LogP contribution in [0.15, 0.2) is 35.5 Å². The van der Waals surface area contributed by atoms with Crippen molar-refractivity contribution in [3.63, 3.8) is 0 Å². The first-order valence-corrected chi connectivity index (χ1v) is 6.01. The van der Waals surface area contributed by atoms with Crippen LogP contribution in [0.2, 0.25) is 5.02 Å². The van der Waals surface area contributed by atoms with E-state index in [9.17, 15) is 9.59 Å². The van der Waals surface area contributed by atoms with Crippen LogP contribution in [-0.2, 0) is 4.74 Å². The maximum absolute atomic E-state index is 12.2. The Hall–Kier alpha value is -2.14. The molecule has 0 atom stereocenters. The van der Waals surface area contributed by atoms with Gasteiger partial charge in [-0.3, -0.25) is 9.78 Å². The molecule has 0 radical (unpaired) electrons. The summed E-state index contributed by atoms with van der Waals surface area (Å²) in [6.45, 7) is 1.89. The van der Waals surface area contributed by atoms with Crippen molar-refractivity contribution in [1.82, 2.24) is 9.97 Å². The van der Waals surface area contributed by atoms with Crippen LogP contribution in [0.1, 0.15) is 17.3 Å². The third-order valence-electron chi connectivity index (χ3n) is 2.44. The van der Waals surface area contributed by atoms with Gasteiger partial charge in [0.2, 0.25) is 5.43 Å². The molecule has 0 spiro atoms. The molecule has 0 saturated heterocycles. The Bertz CT molecular complexity index is 650. The van der Waals surface area contributed by atoms with Gasteiger partial charge in [-0.1, -0.05) is 11.6 Å². The number of carbonyl (C=O) groups excluding carboxylic acids is 1. The number of pyridine rings is 2. The number of nitrogens with one attached hydrogen (secondary N) is 1. The lowest BCUT2D eigenvalue weighted by molar-refractivity contribution is 0.0524. The van der Waals surface area contributed by atoms with Crippen molar-refractivity contribution >= 4 is 17.6 Å². The van der Waals surface area contributed by atoms with E-state index in [1.165, 1.54) is 18.6 Å². The molecule has 19 heavy (non-hydrogen) atoms. The molecule has 0 aromatic carbocycles. The number of hydrogen-bond donors (Lipinski definition) is 1. The number of aromatic amines is 1. The topological polar surface area (TPSA) is 72.1 Å². The number of nitrogens with zero attached hydrogens (tertiary/aromatic N) is 1. The molecule has 0 aliphatic rings. The van der Waals surface area contributed by atoms with E-state index in [4.69, 9.17) is 16.3 Å². The van der Waals surface area contributed by atoms with Gasteiger partial charge in [-0.25, -0.2) is 4.79 Å². The van der Waals surface area contributed by atoms with Gasteiger partial charge in [0.25, 0.3) is 0 Å². The van der Waals surface area contributed by atoms with Crippen LogP contribution in [0.3, 0.4) is 0 Å². The molecule has 2 aromatic heterocycles. The molecule has 5 nitrogen and oxygen atoms in total. The SMILES string of the molecule is CCOC(=O)c1c[nH]cc(-c2ccc(Cl)cn2)c1=O. The van der Waals surface area contributed by atoms with Gasteiger partial charge in [0.15, 0.2) is 0 Å². The number of halogens is 1. The Morgan fingerprint density at radius 2 is 2.21 bits per heavy atom. The fourth-order valence-corrected chi connectivity index (χ4v) is 1.68. The minimum Gasteiger partial charge on any atom is -0.462 e. The summed E-state index contributed by atoms with van der Waals surface area (Å²) in [5.74, 6) is -0.653. The minimum absolute atomic E-state index is 0.0453.